The minimum Gasteiger partial charge on any atom is -0.123 e. The van der Waals surface area contributed by atoms with Crippen molar-refractivity contribution in [3.05, 3.63) is 0 Å². The number of alkyl halides is 1. The van der Waals surface area contributed by atoms with E-state index in [4.69, 9.17) is 11.6 Å². The third-order valence-electron chi connectivity index (χ3n) is 4.00. The first-order valence-electron chi connectivity index (χ1n) is 6.92. The van der Waals surface area contributed by atoms with E-state index in [1.54, 1.807) is 0 Å². The lowest BCUT2D eigenvalue weighted by Gasteiger charge is -2.30. The van der Waals surface area contributed by atoms with Gasteiger partial charge in [0.15, 0.2) is 0 Å². The lowest BCUT2D eigenvalue weighted by atomic mass is 9.80. The van der Waals surface area contributed by atoms with Crippen LogP contribution >= 0.6 is 11.6 Å². The molecule has 1 fully saturated rings. The number of hydrogen-bond acceptors (Lipinski definition) is 0. The quantitative estimate of drug-likeness (QED) is 0.537. The molecule has 0 aromatic carbocycles. The van der Waals surface area contributed by atoms with Gasteiger partial charge in [0.2, 0.25) is 0 Å². The van der Waals surface area contributed by atoms with Gasteiger partial charge in [0.05, 0.1) is 0 Å². The molecule has 1 aliphatic carbocycles. The van der Waals surface area contributed by atoms with Crippen molar-refractivity contribution in [3.63, 3.8) is 0 Å². The summed E-state index contributed by atoms with van der Waals surface area (Å²) in [6.07, 6.45) is 12.3. The lowest BCUT2D eigenvalue weighted by Crippen LogP contribution is -2.22. The van der Waals surface area contributed by atoms with E-state index in [1.165, 1.54) is 57.8 Å². The van der Waals surface area contributed by atoms with E-state index in [9.17, 15) is 0 Å². The maximum Gasteiger partial charge on any atom is 0.0364 e. The van der Waals surface area contributed by atoms with Gasteiger partial charge in [-0.1, -0.05) is 52.4 Å². The molecule has 3 atom stereocenters. The van der Waals surface area contributed by atoms with Gasteiger partial charge in [0.1, 0.15) is 0 Å². The van der Waals surface area contributed by atoms with Crippen molar-refractivity contribution in [1.82, 2.24) is 0 Å². The van der Waals surface area contributed by atoms with Crippen molar-refractivity contribution in [2.24, 2.45) is 11.8 Å². The van der Waals surface area contributed by atoms with Crippen LogP contribution in [0.15, 0.2) is 0 Å². The molecule has 0 heterocycles. The molecule has 1 rings (SSSR count). The number of rotatable bonds is 6. The molecule has 1 heteroatoms. The molecule has 0 saturated heterocycles. The Labute approximate surface area is 101 Å². The summed E-state index contributed by atoms with van der Waals surface area (Å²) in [7, 11) is 0. The molecule has 15 heavy (non-hydrogen) atoms. The molecule has 3 unspecified atom stereocenters. The van der Waals surface area contributed by atoms with Crippen LogP contribution < -0.4 is 0 Å². The molecule has 0 aliphatic heterocycles. The first-order valence-corrected chi connectivity index (χ1v) is 7.35. The van der Waals surface area contributed by atoms with Gasteiger partial charge in [-0.15, -0.1) is 11.6 Å². The van der Waals surface area contributed by atoms with Crippen LogP contribution in [0.25, 0.3) is 0 Å². The van der Waals surface area contributed by atoms with Gasteiger partial charge in [-0.3, -0.25) is 0 Å². The Morgan fingerprint density at radius 2 is 1.93 bits per heavy atom. The van der Waals surface area contributed by atoms with Crippen molar-refractivity contribution < 1.29 is 0 Å². The van der Waals surface area contributed by atoms with Crippen LogP contribution in [0.3, 0.4) is 0 Å². The van der Waals surface area contributed by atoms with Crippen molar-refractivity contribution in [3.8, 4) is 0 Å². The van der Waals surface area contributed by atoms with Gasteiger partial charge in [-0.2, -0.15) is 0 Å². The van der Waals surface area contributed by atoms with Gasteiger partial charge < -0.3 is 0 Å². The number of halogens is 1. The van der Waals surface area contributed by atoms with E-state index < -0.39 is 0 Å². The summed E-state index contributed by atoms with van der Waals surface area (Å²) >= 11 is 6.42. The first-order chi connectivity index (χ1) is 7.27. The van der Waals surface area contributed by atoms with Crippen LogP contribution in [-0.4, -0.2) is 5.38 Å². The zero-order valence-electron chi connectivity index (χ0n) is 10.5. The second kappa shape index (κ2) is 7.54. The Morgan fingerprint density at radius 1 is 1.20 bits per heavy atom. The third-order valence-corrected chi connectivity index (χ3v) is 4.57. The molecule has 0 radical (unpaired) electrons. The Hall–Kier alpha value is 0.290. The van der Waals surface area contributed by atoms with Gasteiger partial charge in [-0.25, -0.2) is 0 Å². The van der Waals surface area contributed by atoms with Crippen molar-refractivity contribution in [1.29, 1.82) is 0 Å². The van der Waals surface area contributed by atoms with Gasteiger partial charge in [-0.05, 0) is 31.1 Å². The van der Waals surface area contributed by atoms with E-state index in [1.807, 2.05) is 0 Å². The van der Waals surface area contributed by atoms with Gasteiger partial charge in [0.25, 0.3) is 0 Å². The third kappa shape index (κ3) is 4.76. The van der Waals surface area contributed by atoms with Crippen molar-refractivity contribution in [2.45, 2.75) is 77.0 Å². The number of hydrogen-bond donors (Lipinski definition) is 0. The zero-order chi connectivity index (χ0) is 11.1. The highest BCUT2D eigenvalue weighted by Crippen LogP contribution is 2.35. The van der Waals surface area contributed by atoms with Crippen LogP contribution in [0, 0.1) is 11.8 Å². The van der Waals surface area contributed by atoms with Crippen molar-refractivity contribution >= 4 is 11.6 Å². The van der Waals surface area contributed by atoms with Crippen LogP contribution in [0.1, 0.15) is 71.6 Å². The molecule has 0 aromatic rings. The summed E-state index contributed by atoms with van der Waals surface area (Å²) in [5.74, 6) is 1.76. The highest BCUT2D eigenvalue weighted by Gasteiger charge is 2.25. The smallest absolute Gasteiger partial charge is 0.0364 e. The predicted octanol–water partition coefficient (Wildman–Crippen LogP) is 5.39. The van der Waals surface area contributed by atoms with E-state index in [0.29, 0.717) is 5.38 Å². The maximum atomic E-state index is 6.42. The Balaban J connectivity index is 2.29. The molecule has 0 bridgehead atoms. The SMILES string of the molecule is CCCCC(CC)CC1CCCCC1Cl. The molecule has 0 spiro atoms. The topological polar surface area (TPSA) is 0 Å². The summed E-state index contributed by atoms with van der Waals surface area (Å²) in [4.78, 5) is 0. The molecule has 0 amide bonds. The summed E-state index contributed by atoms with van der Waals surface area (Å²) in [5, 5.41) is 0.481. The van der Waals surface area contributed by atoms with Crippen LogP contribution in [0.4, 0.5) is 0 Å². The van der Waals surface area contributed by atoms with Gasteiger partial charge in [0, 0.05) is 5.38 Å². The summed E-state index contributed by atoms with van der Waals surface area (Å²) in [5.41, 5.74) is 0. The second-order valence-corrected chi connectivity index (χ2v) is 5.77. The van der Waals surface area contributed by atoms with Gasteiger partial charge >= 0.3 is 0 Å². The fourth-order valence-corrected chi connectivity index (χ4v) is 3.22. The highest BCUT2D eigenvalue weighted by atomic mass is 35.5. The van der Waals surface area contributed by atoms with Crippen LogP contribution in [0.2, 0.25) is 0 Å². The molecular formula is C14H27Cl. The molecule has 0 nitrogen and oxygen atoms in total. The van der Waals surface area contributed by atoms with E-state index in [-0.39, 0.29) is 0 Å². The average Bonchev–Trinajstić information content (AvgIpc) is 2.26. The van der Waals surface area contributed by atoms with E-state index in [0.717, 1.165) is 11.8 Å². The van der Waals surface area contributed by atoms with Crippen molar-refractivity contribution in [2.75, 3.05) is 0 Å². The molecule has 0 aromatic heterocycles. The Kier molecular flexibility index (Phi) is 6.72. The minimum absolute atomic E-state index is 0.481. The summed E-state index contributed by atoms with van der Waals surface area (Å²) in [6.45, 7) is 4.63. The average molecular weight is 231 g/mol. The molecule has 0 N–H and O–H groups in total. The number of unbranched alkanes of at least 4 members (excludes halogenated alkanes) is 1. The fraction of sp³-hybridized carbons (Fsp3) is 1.00. The maximum absolute atomic E-state index is 6.42. The molecule has 1 saturated carbocycles. The standard InChI is InChI=1S/C14H27Cl/c1-3-5-8-12(4-2)11-13-9-6-7-10-14(13)15/h12-14H,3-11H2,1-2H3. The highest BCUT2D eigenvalue weighted by molar-refractivity contribution is 6.20. The largest absolute Gasteiger partial charge is 0.123 e. The van der Waals surface area contributed by atoms with Crippen LogP contribution in [0.5, 0.6) is 0 Å². The predicted molar refractivity (Wildman–Crippen MR) is 69.5 cm³/mol. The second-order valence-electron chi connectivity index (χ2n) is 5.21. The molecule has 1 aliphatic rings. The molecule has 90 valence electrons. The first kappa shape index (κ1) is 13.4. The Morgan fingerprint density at radius 3 is 2.53 bits per heavy atom. The lowest BCUT2D eigenvalue weighted by molar-refractivity contribution is 0.276. The zero-order valence-corrected chi connectivity index (χ0v) is 11.2. The summed E-state index contributed by atoms with van der Waals surface area (Å²) in [6, 6.07) is 0. The minimum atomic E-state index is 0.481. The molecular weight excluding hydrogens is 204 g/mol. The fourth-order valence-electron chi connectivity index (χ4n) is 2.84. The Bertz CT molecular complexity index is 155. The summed E-state index contributed by atoms with van der Waals surface area (Å²) < 4.78 is 0. The van der Waals surface area contributed by atoms with Crippen LogP contribution in [-0.2, 0) is 0 Å². The van der Waals surface area contributed by atoms with E-state index in [2.05, 4.69) is 13.8 Å². The van der Waals surface area contributed by atoms with E-state index >= 15 is 0 Å². The monoisotopic (exact) mass is 230 g/mol. The normalized spacial score (nSPS) is 29.0.